The fraction of sp³-hybridized carbons (Fsp3) is 0.286. The van der Waals surface area contributed by atoms with Crippen molar-refractivity contribution in [1.29, 1.82) is 0 Å². The van der Waals surface area contributed by atoms with Crippen molar-refractivity contribution in [3.05, 3.63) is 57.5 Å². The highest BCUT2D eigenvalue weighted by Gasteiger charge is 2.22. The van der Waals surface area contributed by atoms with Crippen LogP contribution in [0.25, 0.3) is 0 Å². The number of hydrogen-bond donors (Lipinski definition) is 1. The molecule has 1 saturated heterocycles. The smallest absolute Gasteiger partial charge is 0.123 e. The van der Waals surface area contributed by atoms with Gasteiger partial charge in [-0.2, -0.15) is 0 Å². The molecule has 0 atom stereocenters. The Kier molecular flexibility index (Phi) is 2.95. The Bertz CT molecular complexity index is 499. The van der Waals surface area contributed by atoms with Gasteiger partial charge in [0.2, 0.25) is 0 Å². The number of thiophene rings is 1. The highest BCUT2D eigenvalue weighted by Crippen LogP contribution is 2.30. The topological polar surface area (TPSA) is 12.0 Å². The standard InChI is InChI=1S/C14H14FNS/c15-13-3-1-10(2-4-13)7-11-5-6-17-14(11)12-8-16-9-12/h1-6,12,16H,7-9H2. The van der Waals surface area contributed by atoms with Gasteiger partial charge in [0.1, 0.15) is 5.82 Å². The van der Waals surface area contributed by atoms with E-state index in [0.29, 0.717) is 5.92 Å². The molecule has 1 aliphatic rings. The maximum atomic E-state index is 12.8. The third-order valence-corrected chi connectivity index (χ3v) is 4.36. The first-order valence-corrected chi connectivity index (χ1v) is 6.72. The number of rotatable bonds is 3. The van der Waals surface area contributed by atoms with E-state index in [2.05, 4.69) is 16.8 Å². The molecule has 17 heavy (non-hydrogen) atoms. The van der Waals surface area contributed by atoms with E-state index >= 15 is 0 Å². The highest BCUT2D eigenvalue weighted by atomic mass is 32.1. The fourth-order valence-corrected chi connectivity index (χ4v) is 3.18. The van der Waals surface area contributed by atoms with Crippen LogP contribution in [0.5, 0.6) is 0 Å². The molecule has 1 aromatic heterocycles. The van der Waals surface area contributed by atoms with Gasteiger partial charge in [0.05, 0.1) is 0 Å². The summed E-state index contributed by atoms with van der Waals surface area (Å²) in [5.41, 5.74) is 2.58. The van der Waals surface area contributed by atoms with Gasteiger partial charge in [-0.3, -0.25) is 0 Å². The molecule has 1 nitrogen and oxygen atoms in total. The van der Waals surface area contributed by atoms with Gasteiger partial charge in [-0.25, -0.2) is 4.39 Å². The van der Waals surface area contributed by atoms with Crippen LogP contribution in [-0.4, -0.2) is 13.1 Å². The second-order valence-electron chi connectivity index (χ2n) is 4.47. The zero-order chi connectivity index (χ0) is 11.7. The monoisotopic (exact) mass is 247 g/mol. The molecule has 3 heteroatoms. The van der Waals surface area contributed by atoms with E-state index in [4.69, 9.17) is 0 Å². The molecule has 1 N–H and O–H groups in total. The third-order valence-electron chi connectivity index (χ3n) is 3.24. The highest BCUT2D eigenvalue weighted by molar-refractivity contribution is 7.10. The van der Waals surface area contributed by atoms with E-state index in [1.54, 1.807) is 0 Å². The Balaban J connectivity index is 1.80. The van der Waals surface area contributed by atoms with Crippen molar-refractivity contribution in [3.8, 4) is 0 Å². The summed E-state index contributed by atoms with van der Waals surface area (Å²) >= 11 is 1.84. The van der Waals surface area contributed by atoms with Gasteiger partial charge >= 0.3 is 0 Å². The molecule has 0 bridgehead atoms. The van der Waals surface area contributed by atoms with Crippen LogP contribution >= 0.6 is 11.3 Å². The molecule has 1 aromatic carbocycles. The van der Waals surface area contributed by atoms with Crippen LogP contribution in [0, 0.1) is 5.82 Å². The lowest BCUT2D eigenvalue weighted by atomic mass is 9.95. The van der Waals surface area contributed by atoms with Gasteiger partial charge in [0.25, 0.3) is 0 Å². The first-order chi connectivity index (χ1) is 8.33. The average Bonchev–Trinajstić information content (AvgIpc) is 2.68. The molecular formula is C14H14FNS. The molecular weight excluding hydrogens is 233 g/mol. The predicted molar refractivity (Wildman–Crippen MR) is 69.1 cm³/mol. The van der Waals surface area contributed by atoms with Gasteiger partial charge in [0, 0.05) is 23.9 Å². The second kappa shape index (κ2) is 4.59. The van der Waals surface area contributed by atoms with Gasteiger partial charge in [-0.15, -0.1) is 11.3 Å². The summed E-state index contributed by atoms with van der Waals surface area (Å²) in [5.74, 6) is 0.521. The number of halogens is 1. The molecule has 0 aliphatic carbocycles. The lowest BCUT2D eigenvalue weighted by molar-refractivity contribution is 0.452. The molecule has 0 radical (unpaired) electrons. The van der Waals surface area contributed by atoms with Crippen LogP contribution in [0.15, 0.2) is 35.7 Å². The summed E-state index contributed by atoms with van der Waals surface area (Å²) < 4.78 is 12.8. The molecule has 1 aliphatic heterocycles. The van der Waals surface area contributed by atoms with E-state index in [-0.39, 0.29) is 5.82 Å². The zero-order valence-corrected chi connectivity index (χ0v) is 10.3. The second-order valence-corrected chi connectivity index (χ2v) is 5.42. The molecule has 0 saturated carbocycles. The van der Waals surface area contributed by atoms with Crippen molar-refractivity contribution in [1.82, 2.24) is 5.32 Å². The molecule has 3 rings (SSSR count). The van der Waals surface area contributed by atoms with E-state index in [0.717, 1.165) is 19.5 Å². The maximum absolute atomic E-state index is 12.8. The first kappa shape index (κ1) is 10.9. The number of nitrogens with one attached hydrogen (secondary N) is 1. The zero-order valence-electron chi connectivity index (χ0n) is 9.45. The van der Waals surface area contributed by atoms with Crippen LogP contribution in [0.4, 0.5) is 4.39 Å². The van der Waals surface area contributed by atoms with Crippen molar-refractivity contribution < 1.29 is 4.39 Å². The lowest BCUT2D eigenvalue weighted by Gasteiger charge is -2.27. The Morgan fingerprint density at radius 3 is 2.59 bits per heavy atom. The molecule has 88 valence electrons. The Labute approximate surface area is 104 Å². The summed E-state index contributed by atoms with van der Waals surface area (Å²) in [6.07, 6.45) is 0.912. The molecule has 1 fully saturated rings. The minimum Gasteiger partial charge on any atom is -0.315 e. The van der Waals surface area contributed by atoms with Crippen LogP contribution < -0.4 is 5.32 Å². The van der Waals surface area contributed by atoms with Crippen LogP contribution in [0.3, 0.4) is 0 Å². The van der Waals surface area contributed by atoms with Crippen molar-refractivity contribution in [2.45, 2.75) is 12.3 Å². The molecule has 2 aromatic rings. The van der Waals surface area contributed by atoms with Crippen LogP contribution in [-0.2, 0) is 6.42 Å². The Morgan fingerprint density at radius 1 is 1.18 bits per heavy atom. The van der Waals surface area contributed by atoms with Gasteiger partial charge < -0.3 is 5.32 Å². The van der Waals surface area contributed by atoms with E-state index in [1.807, 2.05) is 23.5 Å². The molecule has 0 spiro atoms. The van der Waals surface area contributed by atoms with Crippen LogP contribution in [0.2, 0.25) is 0 Å². The SMILES string of the molecule is Fc1ccc(Cc2ccsc2C2CNC2)cc1. The van der Waals surface area contributed by atoms with E-state index in [1.165, 1.54) is 28.1 Å². The first-order valence-electron chi connectivity index (χ1n) is 5.84. The fourth-order valence-electron chi connectivity index (χ4n) is 2.15. The molecule has 0 amide bonds. The minimum absolute atomic E-state index is 0.164. The quantitative estimate of drug-likeness (QED) is 0.878. The van der Waals surface area contributed by atoms with Gasteiger partial charge in [0.15, 0.2) is 0 Å². The normalized spacial score (nSPS) is 15.8. The molecule has 0 unspecified atom stereocenters. The average molecular weight is 247 g/mol. The van der Waals surface area contributed by atoms with Crippen LogP contribution in [0.1, 0.15) is 21.9 Å². The van der Waals surface area contributed by atoms with E-state index < -0.39 is 0 Å². The summed E-state index contributed by atoms with van der Waals surface area (Å²) in [5, 5.41) is 5.46. The van der Waals surface area contributed by atoms with Crippen molar-refractivity contribution in [2.75, 3.05) is 13.1 Å². The maximum Gasteiger partial charge on any atom is 0.123 e. The van der Waals surface area contributed by atoms with Crippen molar-refractivity contribution in [2.24, 2.45) is 0 Å². The third kappa shape index (κ3) is 2.26. The summed E-state index contributed by atoms with van der Waals surface area (Å²) in [6.45, 7) is 2.19. The molecule has 2 heterocycles. The largest absolute Gasteiger partial charge is 0.315 e. The summed E-state index contributed by atoms with van der Waals surface area (Å²) in [6, 6.07) is 9.01. The Morgan fingerprint density at radius 2 is 1.94 bits per heavy atom. The lowest BCUT2D eigenvalue weighted by Crippen LogP contribution is -2.39. The minimum atomic E-state index is -0.164. The van der Waals surface area contributed by atoms with E-state index in [9.17, 15) is 4.39 Å². The number of hydrogen-bond acceptors (Lipinski definition) is 2. The predicted octanol–water partition coefficient (Wildman–Crippen LogP) is 3.16. The summed E-state index contributed by atoms with van der Waals surface area (Å²) in [7, 11) is 0. The van der Waals surface area contributed by atoms with Crippen molar-refractivity contribution in [3.63, 3.8) is 0 Å². The van der Waals surface area contributed by atoms with Crippen molar-refractivity contribution >= 4 is 11.3 Å². The summed E-state index contributed by atoms with van der Waals surface area (Å²) in [4.78, 5) is 1.49. The van der Waals surface area contributed by atoms with Gasteiger partial charge in [-0.1, -0.05) is 12.1 Å². The Hall–Kier alpha value is -1.19. The van der Waals surface area contributed by atoms with Gasteiger partial charge in [-0.05, 0) is 41.1 Å². The number of benzene rings is 1.